The number of nitrogens with zero attached hydrogens (tertiary/aromatic N) is 2. The van der Waals surface area contributed by atoms with E-state index in [4.69, 9.17) is 5.73 Å². The average molecular weight is 426 g/mol. The van der Waals surface area contributed by atoms with Gasteiger partial charge in [-0.1, -0.05) is 32.8 Å². The summed E-state index contributed by atoms with van der Waals surface area (Å²) in [6.45, 7) is 8.21. The van der Waals surface area contributed by atoms with Crippen LogP contribution in [0.1, 0.15) is 51.5 Å². The van der Waals surface area contributed by atoms with Crippen LogP contribution in [-0.2, 0) is 11.0 Å². The molecule has 4 nitrogen and oxygen atoms in total. The molecule has 30 heavy (non-hydrogen) atoms. The van der Waals surface area contributed by atoms with E-state index in [1.54, 1.807) is 6.07 Å². The van der Waals surface area contributed by atoms with E-state index in [1.807, 2.05) is 18.7 Å². The smallest absolute Gasteiger partial charge is 0.369 e. The van der Waals surface area contributed by atoms with E-state index in [0.717, 1.165) is 70.9 Å². The molecule has 0 aromatic heterocycles. The lowest BCUT2D eigenvalue weighted by atomic mass is 9.68. The van der Waals surface area contributed by atoms with Gasteiger partial charge in [0.05, 0.1) is 5.56 Å². The molecule has 1 aliphatic carbocycles. The predicted molar refractivity (Wildman–Crippen MR) is 113 cm³/mol. The molecule has 7 heteroatoms. The molecule has 2 N–H and O–H groups in total. The first-order chi connectivity index (χ1) is 14.1. The number of hydrogen-bond acceptors (Lipinski definition) is 3. The highest BCUT2D eigenvalue weighted by Crippen LogP contribution is 2.41. The summed E-state index contributed by atoms with van der Waals surface area (Å²) in [5, 5.41) is 0. The lowest BCUT2D eigenvalue weighted by molar-refractivity contribution is -0.137. The summed E-state index contributed by atoms with van der Waals surface area (Å²) in [5.74, 6) is 0.860. The van der Waals surface area contributed by atoms with E-state index in [0.29, 0.717) is 17.5 Å². The molecule has 2 aliphatic rings. The largest absolute Gasteiger partial charge is 0.416 e. The van der Waals surface area contributed by atoms with Crippen LogP contribution in [0, 0.1) is 17.3 Å². The standard InChI is InChI=1S/C23H34F3N3O/c1-22(2,21(27)30)18-8-6-17(7-9-18)10-11-28-12-14-29(15-13-28)20-5-3-4-19(16-20)23(24,25)26/h3-5,16-18H,6-15H2,1-2H3,(H2,27,30). The average Bonchev–Trinajstić information content (AvgIpc) is 2.72. The number of piperazine rings is 1. The normalized spacial score (nSPS) is 24.1. The molecule has 168 valence electrons. The molecule has 0 bridgehead atoms. The minimum atomic E-state index is -4.30. The zero-order valence-corrected chi connectivity index (χ0v) is 18.0. The van der Waals surface area contributed by atoms with Gasteiger partial charge in [0.1, 0.15) is 0 Å². The molecule has 1 heterocycles. The second kappa shape index (κ2) is 9.16. The van der Waals surface area contributed by atoms with Crippen molar-refractivity contribution in [2.45, 2.75) is 52.1 Å². The Morgan fingerprint density at radius 2 is 1.70 bits per heavy atom. The van der Waals surface area contributed by atoms with Crippen molar-refractivity contribution in [3.8, 4) is 0 Å². The second-order valence-electron chi connectivity index (χ2n) is 9.47. The molecule has 1 saturated heterocycles. The molecule has 0 spiro atoms. The molecule has 1 aromatic rings. The Kier molecular flexibility index (Phi) is 7.00. The maximum Gasteiger partial charge on any atom is 0.416 e. The number of halogens is 3. The minimum absolute atomic E-state index is 0.204. The predicted octanol–water partition coefficient (Wildman–Crippen LogP) is 4.54. The van der Waals surface area contributed by atoms with Crippen molar-refractivity contribution < 1.29 is 18.0 Å². The first-order valence-corrected chi connectivity index (χ1v) is 11.0. The van der Waals surface area contributed by atoms with Crippen LogP contribution in [0.4, 0.5) is 18.9 Å². The first-order valence-electron chi connectivity index (χ1n) is 11.0. The SMILES string of the molecule is CC(C)(C(N)=O)C1CCC(CCN2CCN(c3cccc(C(F)(F)F)c3)CC2)CC1. The van der Waals surface area contributed by atoms with Gasteiger partial charge in [-0.3, -0.25) is 9.69 Å². The van der Waals surface area contributed by atoms with Gasteiger partial charge in [-0.2, -0.15) is 13.2 Å². The van der Waals surface area contributed by atoms with Gasteiger partial charge in [0.2, 0.25) is 5.91 Å². The van der Waals surface area contributed by atoms with E-state index in [2.05, 4.69) is 4.90 Å². The fourth-order valence-corrected chi connectivity index (χ4v) is 4.85. The number of benzene rings is 1. The number of hydrogen-bond donors (Lipinski definition) is 1. The molecule has 1 saturated carbocycles. The summed E-state index contributed by atoms with van der Waals surface area (Å²) < 4.78 is 38.9. The maximum absolute atomic E-state index is 13.0. The Hall–Kier alpha value is -1.76. The minimum Gasteiger partial charge on any atom is -0.369 e. The lowest BCUT2D eigenvalue weighted by Gasteiger charge is -2.39. The topological polar surface area (TPSA) is 49.6 Å². The maximum atomic E-state index is 13.0. The highest BCUT2D eigenvalue weighted by molar-refractivity contribution is 5.80. The van der Waals surface area contributed by atoms with Crippen molar-refractivity contribution in [3.63, 3.8) is 0 Å². The van der Waals surface area contributed by atoms with Crippen LogP contribution in [0.15, 0.2) is 24.3 Å². The molecular weight excluding hydrogens is 391 g/mol. The molecule has 0 atom stereocenters. The monoisotopic (exact) mass is 425 g/mol. The highest BCUT2D eigenvalue weighted by atomic mass is 19.4. The van der Waals surface area contributed by atoms with E-state index in [-0.39, 0.29) is 5.91 Å². The van der Waals surface area contributed by atoms with Crippen molar-refractivity contribution in [2.75, 3.05) is 37.6 Å². The van der Waals surface area contributed by atoms with Gasteiger partial charge in [0, 0.05) is 37.3 Å². The molecular formula is C23H34F3N3O. The molecule has 2 fully saturated rings. The number of alkyl halides is 3. The van der Waals surface area contributed by atoms with Crippen molar-refractivity contribution in [1.82, 2.24) is 4.90 Å². The van der Waals surface area contributed by atoms with Crippen LogP contribution >= 0.6 is 0 Å². The Balaban J connectivity index is 1.42. The van der Waals surface area contributed by atoms with Gasteiger partial charge < -0.3 is 10.6 Å². The summed E-state index contributed by atoms with van der Waals surface area (Å²) in [4.78, 5) is 16.2. The fraction of sp³-hybridized carbons (Fsp3) is 0.696. The second-order valence-corrected chi connectivity index (χ2v) is 9.47. The summed E-state index contributed by atoms with van der Waals surface area (Å²) in [6, 6.07) is 5.62. The number of rotatable bonds is 6. The Morgan fingerprint density at radius 1 is 1.07 bits per heavy atom. The molecule has 1 aromatic carbocycles. The highest BCUT2D eigenvalue weighted by Gasteiger charge is 2.37. The van der Waals surface area contributed by atoms with Crippen LogP contribution in [0.25, 0.3) is 0 Å². The summed E-state index contributed by atoms with van der Waals surface area (Å²) in [7, 11) is 0. The Bertz CT molecular complexity index is 719. The van der Waals surface area contributed by atoms with Crippen molar-refractivity contribution >= 4 is 11.6 Å². The summed E-state index contributed by atoms with van der Waals surface area (Å²) in [5.41, 5.74) is 5.21. The number of nitrogens with two attached hydrogens (primary N) is 1. The molecule has 1 aliphatic heterocycles. The summed E-state index contributed by atoms with van der Waals surface area (Å²) in [6.07, 6.45) is 1.25. The van der Waals surface area contributed by atoms with Crippen LogP contribution in [0.3, 0.4) is 0 Å². The number of carbonyl (C=O) groups is 1. The van der Waals surface area contributed by atoms with Gasteiger partial charge in [-0.15, -0.1) is 0 Å². The van der Waals surface area contributed by atoms with E-state index < -0.39 is 17.2 Å². The number of amides is 1. The molecule has 3 rings (SSSR count). The third-order valence-corrected chi connectivity index (χ3v) is 7.27. The number of anilines is 1. The molecule has 0 radical (unpaired) electrons. The fourth-order valence-electron chi connectivity index (χ4n) is 4.85. The third-order valence-electron chi connectivity index (χ3n) is 7.27. The van der Waals surface area contributed by atoms with Crippen LogP contribution in [-0.4, -0.2) is 43.5 Å². The number of carbonyl (C=O) groups excluding carboxylic acids is 1. The quantitative estimate of drug-likeness (QED) is 0.728. The zero-order chi connectivity index (χ0) is 21.9. The van der Waals surface area contributed by atoms with Crippen molar-refractivity contribution in [1.29, 1.82) is 0 Å². The summed E-state index contributed by atoms with van der Waals surface area (Å²) >= 11 is 0. The van der Waals surface area contributed by atoms with E-state index in [9.17, 15) is 18.0 Å². The Labute approximate surface area is 177 Å². The third kappa shape index (κ3) is 5.48. The number of primary amides is 1. The molecule has 0 unspecified atom stereocenters. The van der Waals surface area contributed by atoms with Crippen LogP contribution < -0.4 is 10.6 Å². The van der Waals surface area contributed by atoms with Gasteiger partial charge in [-0.05, 0) is 55.8 Å². The van der Waals surface area contributed by atoms with Crippen LogP contribution in [0.5, 0.6) is 0 Å². The van der Waals surface area contributed by atoms with E-state index >= 15 is 0 Å². The van der Waals surface area contributed by atoms with E-state index in [1.165, 1.54) is 12.1 Å². The van der Waals surface area contributed by atoms with Gasteiger partial charge in [0.15, 0.2) is 0 Å². The van der Waals surface area contributed by atoms with Crippen molar-refractivity contribution in [2.24, 2.45) is 23.0 Å². The zero-order valence-electron chi connectivity index (χ0n) is 18.0. The van der Waals surface area contributed by atoms with Crippen molar-refractivity contribution in [3.05, 3.63) is 29.8 Å². The van der Waals surface area contributed by atoms with Crippen LogP contribution in [0.2, 0.25) is 0 Å². The molecule has 1 amide bonds. The van der Waals surface area contributed by atoms with Gasteiger partial charge >= 0.3 is 6.18 Å². The first kappa shape index (κ1) is 22.9. The Morgan fingerprint density at radius 3 is 2.27 bits per heavy atom. The van der Waals surface area contributed by atoms with Gasteiger partial charge in [-0.25, -0.2) is 0 Å². The lowest BCUT2D eigenvalue weighted by Crippen LogP contribution is -2.47. The van der Waals surface area contributed by atoms with Gasteiger partial charge in [0.25, 0.3) is 0 Å².